The number of hydrogen-bond acceptors (Lipinski definition) is 3. The van der Waals surface area contributed by atoms with Crippen LogP contribution in [0.3, 0.4) is 0 Å². The van der Waals surface area contributed by atoms with Crippen LogP contribution < -0.4 is 5.73 Å². The first kappa shape index (κ1) is 13.5. The fourth-order valence-electron chi connectivity index (χ4n) is 2.21. The second kappa shape index (κ2) is 5.46. The van der Waals surface area contributed by atoms with Crippen LogP contribution in [-0.2, 0) is 6.54 Å². The highest BCUT2D eigenvalue weighted by atomic mass is 35.5. The molecule has 1 amide bonds. The Bertz CT molecular complexity index is 636. The van der Waals surface area contributed by atoms with Crippen LogP contribution >= 0.6 is 22.9 Å². The quantitative estimate of drug-likeness (QED) is 0.874. The summed E-state index contributed by atoms with van der Waals surface area (Å²) in [6, 6.07) is 11.6. The van der Waals surface area contributed by atoms with Gasteiger partial charge in [0.05, 0.1) is 9.21 Å². The summed E-state index contributed by atoms with van der Waals surface area (Å²) in [6.07, 6.45) is 2.15. The lowest BCUT2D eigenvalue weighted by atomic mass is 10.2. The summed E-state index contributed by atoms with van der Waals surface area (Å²) in [5.41, 5.74) is 7.59. The molecule has 1 heterocycles. The highest BCUT2D eigenvalue weighted by Crippen LogP contribution is 2.32. The number of benzene rings is 1. The van der Waals surface area contributed by atoms with E-state index in [1.807, 2.05) is 29.2 Å². The van der Waals surface area contributed by atoms with Crippen LogP contribution in [0, 0.1) is 0 Å². The molecule has 0 aliphatic heterocycles. The van der Waals surface area contributed by atoms with Crippen molar-refractivity contribution in [2.24, 2.45) is 0 Å². The van der Waals surface area contributed by atoms with E-state index in [0.29, 0.717) is 21.8 Å². The Morgan fingerprint density at radius 1 is 1.35 bits per heavy atom. The van der Waals surface area contributed by atoms with E-state index in [1.54, 1.807) is 12.1 Å². The molecule has 1 aromatic heterocycles. The fourth-order valence-corrected chi connectivity index (χ4v) is 3.21. The predicted molar refractivity (Wildman–Crippen MR) is 83.1 cm³/mol. The van der Waals surface area contributed by atoms with Crippen LogP contribution in [0.4, 0.5) is 5.69 Å². The Kier molecular flexibility index (Phi) is 3.68. The van der Waals surface area contributed by atoms with Crippen molar-refractivity contribution in [1.82, 2.24) is 4.90 Å². The van der Waals surface area contributed by atoms with E-state index in [-0.39, 0.29) is 5.91 Å². The molecule has 1 aromatic carbocycles. The van der Waals surface area contributed by atoms with Gasteiger partial charge in [-0.15, -0.1) is 11.3 Å². The number of rotatable bonds is 4. The molecule has 2 aromatic rings. The summed E-state index contributed by atoms with van der Waals surface area (Å²) in [6.45, 7) is 0.601. The summed E-state index contributed by atoms with van der Waals surface area (Å²) in [4.78, 5) is 15.2. The molecular formula is C15H15ClN2OS. The smallest absolute Gasteiger partial charge is 0.264 e. The predicted octanol–water partition coefficient (Wildman–Crippen LogP) is 3.79. The molecule has 1 aliphatic rings. The highest BCUT2D eigenvalue weighted by Gasteiger charge is 2.33. The van der Waals surface area contributed by atoms with Crippen LogP contribution in [0.5, 0.6) is 0 Å². The van der Waals surface area contributed by atoms with Crippen LogP contribution in [0.15, 0.2) is 36.4 Å². The molecule has 5 heteroatoms. The molecule has 0 atom stereocenters. The summed E-state index contributed by atoms with van der Waals surface area (Å²) >= 11 is 7.25. The lowest BCUT2D eigenvalue weighted by molar-refractivity contribution is 0.0735. The molecule has 1 saturated carbocycles. The minimum atomic E-state index is 0.0619. The number of anilines is 1. The van der Waals surface area contributed by atoms with Crippen molar-refractivity contribution < 1.29 is 4.79 Å². The van der Waals surface area contributed by atoms with Gasteiger partial charge in [0.1, 0.15) is 0 Å². The number of nitrogen functional groups attached to an aromatic ring is 1. The zero-order valence-electron chi connectivity index (χ0n) is 10.9. The normalized spacial score (nSPS) is 14.2. The largest absolute Gasteiger partial charge is 0.399 e. The third kappa shape index (κ3) is 2.97. The van der Waals surface area contributed by atoms with Gasteiger partial charge in [0.15, 0.2) is 0 Å². The molecular weight excluding hydrogens is 292 g/mol. The van der Waals surface area contributed by atoms with E-state index in [4.69, 9.17) is 17.3 Å². The van der Waals surface area contributed by atoms with Crippen molar-refractivity contribution in [2.75, 3.05) is 5.73 Å². The van der Waals surface area contributed by atoms with Gasteiger partial charge in [0, 0.05) is 18.3 Å². The highest BCUT2D eigenvalue weighted by molar-refractivity contribution is 7.17. The number of carbonyl (C=O) groups is 1. The van der Waals surface area contributed by atoms with Gasteiger partial charge < -0.3 is 10.6 Å². The van der Waals surface area contributed by atoms with Gasteiger partial charge in [-0.3, -0.25) is 4.79 Å². The summed E-state index contributed by atoms with van der Waals surface area (Å²) < 4.78 is 0.646. The van der Waals surface area contributed by atoms with E-state index in [1.165, 1.54) is 11.3 Å². The van der Waals surface area contributed by atoms with Crippen molar-refractivity contribution in [3.8, 4) is 0 Å². The van der Waals surface area contributed by atoms with Gasteiger partial charge >= 0.3 is 0 Å². The molecule has 0 bridgehead atoms. The molecule has 3 rings (SSSR count). The minimum Gasteiger partial charge on any atom is -0.399 e. The van der Waals surface area contributed by atoms with Gasteiger partial charge in [-0.1, -0.05) is 23.7 Å². The van der Waals surface area contributed by atoms with Gasteiger partial charge in [-0.05, 0) is 42.7 Å². The van der Waals surface area contributed by atoms with Crippen molar-refractivity contribution >= 4 is 34.5 Å². The SMILES string of the molecule is Nc1cccc(CN(C(=O)c2ccc(Cl)s2)C2CC2)c1. The van der Waals surface area contributed by atoms with E-state index in [0.717, 1.165) is 24.1 Å². The van der Waals surface area contributed by atoms with Crippen LogP contribution in [-0.4, -0.2) is 16.8 Å². The Hall–Kier alpha value is -1.52. The second-order valence-corrected chi connectivity index (χ2v) is 6.73. The van der Waals surface area contributed by atoms with Crippen LogP contribution in [0.25, 0.3) is 0 Å². The zero-order chi connectivity index (χ0) is 14.1. The maximum absolute atomic E-state index is 12.6. The summed E-state index contributed by atoms with van der Waals surface area (Å²) in [5.74, 6) is 0.0619. The number of hydrogen-bond donors (Lipinski definition) is 1. The first-order valence-electron chi connectivity index (χ1n) is 6.54. The molecule has 0 spiro atoms. The Morgan fingerprint density at radius 2 is 2.15 bits per heavy atom. The van der Waals surface area contributed by atoms with E-state index in [2.05, 4.69) is 0 Å². The maximum Gasteiger partial charge on any atom is 0.264 e. The average molecular weight is 307 g/mol. The zero-order valence-corrected chi connectivity index (χ0v) is 12.5. The molecule has 0 unspecified atom stereocenters. The first-order valence-corrected chi connectivity index (χ1v) is 7.73. The Morgan fingerprint density at radius 3 is 2.75 bits per heavy atom. The first-order chi connectivity index (χ1) is 9.63. The summed E-state index contributed by atoms with van der Waals surface area (Å²) in [7, 11) is 0. The molecule has 104 valence electrons. The van der Waals surface area contributed by atoms with Crippen molar-refractivity contribution in [3.63, 3.8) is 0 Å². The molecule has 1 aliphatic carbocycles. The van der Waals surface area contributed by atoms with Gasteiger partial charge in [-0.2, -0.15) is 0 Å². The van der Waals surface area contributed by atoms with Gasteiger partial charge in [0.2, 0.25) is 0 Å². The Balaban J connectivity index is 1.81. The molecule has 20 heavy (non-hydrogen) atoms. The van der Waals surface area contributed by atoms with Crippen LogP contribution in [0.2, 0.25) is 4.34 Å². The van der Waals surface area contributed by atoms with E-state index in [9.17, 15) is 4.79 Å². The van der Waals surface area contributed by atoms with E-state index >= 15 is 0 Å². The second-order valence-electron chi connectivity index (χ2n) is 5.01. The third-order valence-corrected chi connectivity index (χ3v) is 4.56. The maximum atomic E-state index is 12.6. The molecule has 2 N–H and O–H groups in total. The molecule has 0 radical (unpaired) electrons. The number of carbonyl (C=O) groups excluding carboxylic acids is 1. The van der Waals surface area contributed by atoms with Crippen LogP contribution in [0.1, 0.15) is 28.1 Å². The standard InChI is InChI=1S/C15H15ClN2OS/c16-14-7-6-13(20-14)15(19)18(12-4-5-12)9-10-2-1-3-11(17)8-10/h1-3,6-8,12H,4-5,9,17H2. The number of nitrogens with zero attached hydrogens (tertiary/aromatic N) is 1. The number of halogens is 1. The number of nitrogens with two attached hydrogens (primary N) is 1. The van der Waals surface area contributed by atoms with Crippen molar-refractivity contribution in [3.05, 3.63) is 51.2 Å². The molecule has 1 fully saturated rings. The van der Waals surface area contributed by atoms with Crippen molar-refractivity contribution in [1.29, 1.82) is 0 Å². The summed E-state index contributed by atoms with van der Waals surface area (Å²) in [5, 5.41) is 0. The average Bonchev–Trinajstić information content (AvgIpc) is 3.17. The van der Waals surface area contributed by atoms with E-state index < -0.39 is 0 Å². The van der Waals surface area contributed by atoms with Crippen molar-refractivity contribution in [2.45, 2.75) is 25.4 Å². The number of amides is 1. The monoisotopic (exact) mass is 306 g/mol. The lowest BCUT2D eigenvalue weighted by Crippen LogP contribution is -2.32. The minimum absolute atomic E-state index is 0.0619. The van der Waals surface area contributed by atoms with Gasteiger partial charge in [0.25, 0.3) is 5.91 Å². The molecule has 3 nitrogen and oxygen atoms in total. The topological polar surface area (TPSA) is 46.3 Å². The third-order valence-electron chi connectivity index (χ3n) is 3.34. The lowest BCUT2D eigenvalue weighted by Gasteiger charge is -2.22. The van der Waals surface area contributed by atoms with Gasteiger partial charge in [-0.25, -0.2) is 0 Å². The Labute approximate surface area is 127 Å². The molecule has 0 saturated heterocycles. The number of thiophene rings is 1. The fraction of sp³-hybridized carbons (Fsp3) is 0.267.